The molecule has 0 saturated heterocycles. The molecule has 0 saturated carbocycles. The summed E-state index contributed by atoms with van der Waals surface area (Å²) in [6, 6.07) is 1.87. The van der Waals surface area contributed by atoms with Crippen LogP contribution in [0.15, 0.2) is 17.8 Å². The molecule has 0 aromatic carbocycles. The largest absolute Gasteiger partial charge is 0.309 e. The minimum Gasteiger partial charge on any atom is -0.309 e. The minimum atomic E-state index is -0.233. The molecule has 0 bridgehead atoms. The van der Waals surface area contributed by atoms with Crippen LogP contribution in [0.3, 0.4) is 0 Å². The molecule has 0 spiro atoms. The van der Waals surface area contributed by atoms with Gasteiger partial charge in [0.1, 0.15) is 17.0 Å². The Balaban J connectivity index is 2.27. The number of nitrogens with one attached hydrogen (secondary N) is 2. The lowest BCUT2D eigenvalue weighted by molar-refractivity contribution is -0.115. The van der Waals surface area contributed by atoms with Crippen LogP contribution in [0.5, 0.6) is 0 Å². The highest BCUT2D eigenvalue weighted by atomic mass is 32.1. The summed E-state index contributed by atoms with van der Waals surface area (Å²) >= 11 is 1.50. The number of rotatable bonds is 3. The Hall–Kier alpha value is -1.57. The molecule has 0 atom stereocenters. The third-order valence-corrected chi connectivity index (χ3v) is 2.60. The van der Waals surface area contributed by atoms with Crippen LogP contribution in [0, 0.1) is 0 Å². The normalized spacial score (nSPS) is 10.5. The predicted molar refractivity (Wildman–Crippen MR) is 58.2 cm³/mol. The molecule has 78 valence electrons. The van der Waals surface area contributed by atoms with E-state index >= 15 is 0 Å². The number of carbonyl (C=O) groups excluding carboxylic acids is 1. The fourth-order valence-electron chi connectivity index (χ4n) is 1.16. The van der Waals surface area contributed by atoms with Crippen LogP contribution >= 0.6 is 11.3 Å². The van der Waals surface area contributed by atoms with E-state index in [1.807, 2.05) is 11.4 Å². The first kappa shape index (κ1) is 9.97. The SMILES string of the molecule is NNCC(=O)Nc1ncnc2sccc12. The summed E-state index contributed by atoms with van der Waals surface area (Å²) in [5.41, 5.74) is 2.28. The van der Waals surface area contributed by atoms with Crippen LogP contribution in [0.2, 0.25) is 0 Å². The molecule has 0 aliphatic carbocycles. The number of hydrogen-bond donors (Lipinski definition) is 3. The van der Waals surface area contributed by atoms with Gasteiger partial charge in [-0.15, -0.1) is 11.3 Å². The molecule has 15 heavy (non-hydrogen) atoms. The van der Waals surface area contributed by atoms with Crippen molar-refractivity contribution in [1.82, 2.24) is 15.4 Å². The molecule has 4 N–H and O–H groups in total. The molecular formula is C8H9N5OS. The smallest absolute Gasteiger partial charge is 0.240 e. The minimum absolute atomic E-state index is 0.0512. The Bertz CT molecular complexity index is 483. The maximum Gasteiger partial charge on any atom is 0.240 e. The number of hydrazine groups is 1. The van der Waals surface area contributed by atoms with Gasteiger partial charge in [-0.2, -0.15) is 0 Å². The van der Waals surface area contributed by atoms with E-state index < -0.39 is 0 Å². The van der Waals surface area contributed by atoms with Gasteiger partial charge < -0.3 is 5.32 Å². The Morgan fingerprint density at radius 3 is 3.20 bits per heavy atom. The summed E-state index contributed by atoms with van der Waals surface area (Å²) in [5.74, 6) is 5.32. The summed E-state index contributed by atoms with van der Waals surface area (Å²) < 4.78 is 0. The highest BCUT2D eigenvalue weighted by Gasteiger charge is 2.07. The number of nitrogens with zero attached hydrogens (tertiary/aromatic N) is 2. The number of anilines is 1. The highest BCUT2D eigenvalue weighted by molar-refractivity contribution is 7.16. The van der Waals surface area contributed by atoms with Crippen LogP contribution in [-0.2, 0) is 4.79 Å². The number of aromatic nitrogens is 2. The molecule has 6 nitrogen and oxygen atoms in total. The van der Waals surface area contributed by atoms with Crippen molar-refractivity contribution in [2.75, 3.05) is 11.9 Å². The monoisotopic (exact) mass is 223 g/mol. The molecule has 2 heterocycles. The van der Waals surface area contributed by atoms with Gasteiger partial charge in [-0.05, 0) is 11.4 Å². The van der Waals surface area contributed by atoms with Crippen molar-refractivity contribution >= 4 is 33.3 Å². The number of fused-ring (bicyclic) bond motifs is 1. The first-order valence-corrected chi connectivity index (χ1v) is 5.11. The number of nitrogens with two attached hydrogens (primary N) is 1. The van der Waals surface area contributed by atoms with Crippen LogP contribution in [0.1, 0.15) is 0 Å². The van der Waals surface area contributed by atoms with Gasteiger partial charge in [0.2, 0.25) is 5.91 Å². The second kappa shape index (κ2) is 4.30. The molecule has 0 fully saturated rings. The van der Waals surface area contributed by atoms with Crippen LogP contribution in [0.4, 0.5) is 5.82 Å². The van der Waals surface area contributed by atoms with E-state index in [4.69, 9.17) is 5.84 Å². The lowest BCUT2D eigenvalue weighted by Crippen LogP contribution is -2.32. The van der Waals surface area contributed by atoms with E-state index in [-0.39, 0.29) is 12.5 Å². The van der Waals surface area contributed by atoms with Crippen LogP contribution in [0.25, 0.3) is 10.2 Å². The van der Waals surface area contributed by atoms with Crippen molar-refractivity contribution in [2.45, 2.75) is 0 Å². The Labute approximate surface area is 89.5 Å². The van der Waals surface area contributed by atoms with E-state index in [0.29, 0.717) is 5.82 Å². The molecule has 2 aromatic heterocycles. The first-order chi connectivity index (χ1) is 7.31. The van der Waals surface area contributed by atoms with E-state index in [2.05, 4.69) is 20.7 Å². The molecule has 1 amide bonds. The maximum atomic E-state index is 11.3. The quantitative estimate of drug-likeness (QED) is 0.506. The van der Waals surface area contributed by atoms with E-state index in [1.54, 1.807) is 0 Å². The second-order valence-electron chi connectivity index (χ2n) is 2.79. The number of amides is 1. The van der Waals surface area contributed by atoms with Gasteiger partial charge in [0, 0.05) is 0 Å². The van der Waals surface area contributed by atoms with Crippen molar-refractivity contribution in [1.29, 1.82) is 0 Å². The Morgan fingerprint density at radius 1 is 1.53 bits per heavy atom. The van der Waals surface area contributed by atoms with Gasteiger partial charge in [0.15, 0.2) is 0 Å². The number of thiophene rings is 1. The highest BCUT2D eigenvalue weighted by Crippen LogP contribution is 2.23. The molecule has 0 radical (unpaired) electrons. The average molecular weight is 223 g/mol. The fraction of sp³-hybridized carbons (Fsp3) is 0.125. The summed E-state index contributed by atoms with van der Waals surface area (Å²) in [4.78, 5) is 20.2. The van der Waals surface area contributed by atoms with Gasteiger partial charge in [0.05, 0.1) is 11.9 Å². The maximum absolute atomic E-state index is 11.3. The van der Waals surface area contributed by atoms with Crippen molar-refractivity contribution in [3.8, 4) is 0 Å². The van der Waals surface area contributed by atoms with Crippen molar-refractivity contribution in [3.63, 3.8) is 0 Å². The van der Waals surface area contributed by atoms with E-state index in [1.165, 1.54) is 17.7 Å². The summed E-state index contributed by atoms with van der Waals surface area (Å²) in [6.07, 6.45) is 1.42. The average Bonchev–Trinajstić information content (AvgIpc) is 2.67. The second-order valence-corrected chi connectivity index (χ2v) is 3.69. The van der Waals surface area contributed by atoms with Gasteiger partial charge in [0.25, 0.3) is 0 Å². The molecular weight excluding hydrogens is 214 g/mol. The van der Waals surface area contributed by atoms with Crippen LogP contribution < -0.4 is 16.6 Å². The molecule has 2 aromatic rings. The van der Waals surface area contributed by atoms with Crippen molar-refractivity contribution in [3.05, 3.63) is 17.8 Å². The van der Waals surface area contributed by atoms with E-state index in [0.717, 1.165) is 10.2 Å². The van der Waals surface area contributed by atoms with Crippen LogP contribution in [-0.4, -0.2) is 22.4 Å². The summed E-state index contributed by atoms with van der Waals surface area (Å²) in [6.45, 7) is 0.0512. The summed E-state index contributed by atoms with van der Waals surface area (Å²) in [7, 11) is 0. The van der Waals surface area contributed by atoms with E-state index in [9.17, 15) is 4.79 Å². The number of carbonyl (C=O) groups is 1. The zero-order chi connectivity index (χ0) is 10.7. The molecule has 2 rings (SSSR count). The molecule has 0 unspecified atom stereocenters. The Morgan fingerprint density at radius 2 is 2.40 bits per heavy atom. The lowest BCUT2D eigenvalue weighted by Gasteiger charge is -2.03. The van der Waals surface area contributed by atoms with Gasteiger partial charge in [-0.1, -0.05) is 0 Å². The summed E-state index contributed by atoms with van der Waals surface area (Å²) in [5, 5.41) is 5.39. The fourth-order valence-corrected chi connectivity index (χ4v) is 1.89. The Kier molecular flexibility index (Phi) is 2.86. The van der Waals surface area contributed by atoms with Crippen molar-refractivity contribution < 1.29 is 4.79 Å². The standard InChI is InChI=1S/C8H9N5OS/c9-12-3-6(14)13-7-5-1-2-15-8(5)11-4-10-7/h1-2,4,12H,3,9H2,(H,10,11,13,14). The van der Waals surface area contributed by atoms with Gasteiger partial charge >= 0.3 is 0 Å². The van der Waals surface area contributed by atoms with Gasteiger partial charge in [-0.3, -0.25) is 16.1 Å². The lowest BCUT2D eigenvalue weighted by atomic mass is 10.4. The molecule has 7 heteroatoms. The predicted octanol–water partition coefficient (Wildman–Crippen LogP) is 0.0931. The third kappa shape index (κ3) is 2.09. The first-order valence-electron chi connectivity index (χ1n) is 4.23. The zero-order valence-corrected chi connectivity index (χ0v) is 8.54. The topological polar surface area (TPSA) is 92.9 Å². The van der Waals surface area contributed by atoms with Crippen molar-refractivity contribution in [2.24, 2.45) is 5.84 Å². The molecule has 0 aliphatic heterocycles. The third-order valence-electron chi connectivity index (χ3n) is 1.78. The zero-order valence-electron chi connectivity index (χ0n) is 7.73. The molecule has 0 aliphatic rings. The van der Waals surface area contributed by atoms with Gasteiger partial charge in [-0.25, -0.2) is 9.97 Å². The number of hydrogen-bond acceptors (Lipinski definition) is 6.